The van der Waals surface area contributed by atoms with Gasteiger partial charge in [0, 0.05) is 52.3 Å². The van der Waals surface area contributed by atoms with E-state index in [1.54, 1.807) is 18.2 Å². The molecule has 11 heteroatoms. The molecule has 1 saturated carbocycles. The number of aromatic nitrogens is 1. The number of hydrogen-bond donors (Lipinski definition) is 2. The van der Waals surface area contributed by atoms with E-state index >= 15 is 0 Å². The van der Waals surface area contributed by atoms with Crippen molar-refractivity contribution in [1.82, 2.24) is 10.3 Å². The fourth-order valence-electron chi connectivity index (χ4n) is 6.34. The molecule has 6 aromatic rings. The van der Waals surface area contributed by atoms with Gasteiger partial charge in [0.1, 0.15) is 23.0 Å². The molecule has 47 heavy (non-hydrogen) atoms. The van der Waals surface area contributed by atoms with Crippen molar-refractivity contribution in [3.8, 4) is 39.8 Å². The maximum absolute atomic E-state index is 13.9. The molecule has 1 aliphatic carbocycles. The quantitative estimate of drug-likeness (QED) is 0.184. The van der Waals surface area contributed by atoms with Gasteiger partial charge in [-0.3, -0.25) is 9.10 Å². The molecule has 0 saturated heterocycles. The number of anilines is 1. The van der Waals surface area contributed by atoms with Gasteiger partial charge in [0.05, 0.1) is 29.5 Å². The van der Waals surface area contributed by atoms with Gasteiger partial charge in [-0.25, -0.2) is 17.2 Å². The first-order chi connectivity index (χ1) is 22.5. The third-order valence-corrected chi connectivity index (χ3v) is 9.87. The van der Waals surface area contributed by atoms with Gasteiger partial charge in [-0.15, -0.1) is 0 Å². The van der Waals surface area contributed by atoms with Crippen LogP contribution in [0, 0.1) is 28.9 Å². The third-order valence-electron chi connectivity index (χ3n) is 8.66. The minimum atomic E-state index is -3.85. The predicted molar refractivity (Wildman–Crippen MR) is 177 cm³/mol. The van der Waals surface area contributed by atoms with E-state index in [-0.39, 0.29) is 28.6 Å². The molecule has 0 aliphatic heterocycles. The molecule has 0 unspecified atom stereocenters. The Morgan fingerprint density at radius 2 is 1.68 bits per heavy atom. The second-order valence-electron chi connectivity index (χ2n) is 11.8. The molecule has 2 heterocycles. The standard InChI is InChI=1S/C36H28F2N4O4S/c1-40-36(43)34-29-17-28(22-4-3-5-23(14-22)31-16-24-15-26(38)10-11-30(24)41-31)32(42(47(2,44)45)27-12-20(13-27)19-39)18-33(29)46-35(34)21-6-8-25(37)9-7-21/h3-11,14-18,20,27,41H,12-13H2,1-2H3,(H,40,43). The van der Waals surface area contributed by atoms with Crippen molar-refractivity contribution in [2.75, 3.05) is 17.6 Å². The number of aromatic amines is 1. The van der Waals surface area contributed by atoms with E-state index < -0.39 is 27.8 Å². The lowest BCUT2D eigenvalue weighted by molar-refractivity contribution is 0.0964. The number of nitriles is 1. The summed E-state index contributed by atoms with van der Waals surface area (Å²) in [7, 11) is -2.36. The van der Waals surface area contributed by atoms with Crippen molar-refractivity contribution >= 4 is 43.5 Å². The average Bonchev–Trinajstić information content (AvgIpc) is 3.62. The van der Waals surface area contributed by atoms with Gasteiger partial charge in [-0.2, -0.15) is 5.26 Å². The summed E-state index contributed by atoms with van der Waals surface area (Å²) < 4.78 is 62.3. The highest BCUT2D eigenvalue weighted by atomic mass is 32.2. The molecule has 7 rings (SSSR count). The van der Waals surface area contributed by atoms with Crippen LogP contribution < -0.4 is 9.62 Å². The van der Waals surface area contributed by atoms with Crippen molar-refractivity contribution in [1.29, 1.82) is 5.26 Å². The molecular weight excluding hydrogens is 622 g/mol. The summed E-state index contributed by atoms with van der Waals surface area (Å²) in [6.45, 7) is 0. The molecule has 0 radical (unpaired) electrons. The van der Waals surface area contributed by atoms with Crippen molar-refractivity contribution in [3.63, 3.8) is 0 Å². The number of H-pyrrole nitrogens is 1. The fourth-order valence-corrected chi connectivity index (χ4v) is 7.57. The van der Waals surface area contributed by atoms with Crippen LogP contribution in [0.25, 0.3) is 55.6 Å². The second kappa shape index (κ2) is 11.4. The number of nitrogens with zero attached hydrogens (tertiary/aromatic N) is 2. The smallest absolute Gasteiger partial charge is 0.255 e. The molecule has 1 fully saturated rings. The lowest BCUT2D eigenvalue weighted by atomic mass is 9.81. The third kappa shape index (κ3) is 5.40. The summed E-state index contributed by atoms with van der Waals surface area (Å²) in [6.07, 6.45) is 1.87. The number of carbonyl (C=O) groups excluding carboxylic acids is 1. The van der Waals surface area contributed by atoms with Gasteiger partial charge in [0.2, 0.25) is 10.0 Å². The Hall–Kier alpha value is -5.47. The van der Waals surface area contributed by atoms with Crippen molar-refractivity contribution < 1.29 is 26.4 Å². The summed E-state index contributed by atoms with van der Waals surface area (Å²) >= 11 is 0. The van der Waals surface area contributed by atoms with E-state index in [2.05, 4.69) is 16.4 Å². The number of furan rings is 1. The van der Waals surface area contributed by atoms with E-state index in [1.807, 2.05) is 30.3 Å². The minimum absolute atomic E-state index is 0.209. The minimum Gasteiger partial charge on any atom is -0.455 e. The number of amides is 1. The Balaban J connectivity index is 1.48. The van der Waals surface area contributed by atoms with E-state index in [1.165, 1.54) is 47.8 Å². The van der Waals surface area contributed by atoms with Gasteiger partial charge in [-0.05, 0) is 84.6 Å². The van der Waals surface area contributed by atoms with Crippen molar-refractivity contribution in [3.05, 3.63) is 102 Å². The van der Waals surface area contributed by atoms with Crippen molar-refractivity contribution in [2.45, 2.75) is 18.9 Å². The molecule has 0 bridgehead atoms. The monoisotopic (exact) mass is 650 g/mol. The summed E-state index contributed by atoms with van der Waals surface area (Å²) in [4.78, 5) is 16.7. The molecule has 8 nitrogen and oxygen atoms in total. The number of hydrogen-bond acceptors (Lipinski definition) is 5. The largest absolute Gasteiger partial charge is 0.455 e. The van der Waals surface area contributed by atoms with E-state index in [0.717, 1.165) is 23.0 Å². The number of fused-ring (bicyclic) bond motifs is 2. The number of halogens is 2. The number of nitrogens with one attached hydrogen (secondary N) is 2. The Kier molecular flexibility index (Phi) is 7.33. The lowest BCUT2D eigenvalue weighted by Gasteiger charge is -2.40. The zero-order chi connectivity index (χ0) is 33.0. The zero-order valence-electron chi connectivity index (χ0n) is 25.3. The normalized spacial score (nSPS) is 16.1. The predicted octanol–water partition coefficient (Wildman–Crippen LogP) is 7.62. The zero-order valence-corrected chi connectivity index (χ0v) is 26.2. The Bertz CT molecular complexity index is 2350. The number of rotatable bonds is 7. The van der Waals surface area contributed by atoms with Gasteiger partial charge < -0.3 is 14.7 Å². The summed E-state index contributed by atoms with van der Waals surface area (Å²) in [5.41, 5.74) is 4.72. The number of sulfonamides is 1. The molecule has 0 atom stereocenters. The molecule has 2 aromatic heterocycles. The van der Waals surface area contributed by atoms with E-state index in [4.69, 9.17) is 4.42 Å². The molecule has 2 N–H and O–H groups in total. The maximum atomic E-state index is 13.9. The van der Waals surface area contributed by atoms with Crippen molar-refractivity contribution in [2.24, 2.45) is 5.92 Å². The fraction of sp³-hybridized carbons (Fsp3) is 0.167. The van der Waals surface area contributed by atoms with Crippen LogP contribution in [-0.2, 0) is 10.0 Å². The van der Waals surface area contributed by atoms with Crippen LogP contribution in [0.1, 0.15) is 23.2 Å². The SMILES string of the molecule is CNC(=O)c1c(-c2ccc(F)cc2)oc2cc(N(C3CC(C#N)C3)S(C)(=O)=O)c(-c3cccc(-c4cc5cc(F)ccc5[nH]4)c3)cc12. The van der Waals surface area contributed by atoms with Crippen LogP contribution in [0.3, 0.4) is 0 Å². The molecule has 4 aromatic carbocycles. The molecule has 236 valence electrons. The van der Waals surface area contributed by atoms with Crippen LogP contribution in [0.2, 0.25) is 0 Å². The molecule has 1 aliphatic rings. The molecular formula is C36H28F2N4O4S. The highest BCUT2D eigenvalue weighted by Crippen LogP contribution is 2.45. The average molecular weight is 651 g/mol. The topological polar surface area (TPSA) is 119 Å². The van der Waals surface area contributed by atoms with Crippen LogP contribution >= 0.6 is 0 Å². The molecule has 0 spiro atoms. The maximum Gasteiger partial charge on any atom is 0.255 e. The summed E-state index contributed by atoms with van der Waals surface area (Å²) in [5, 5.41) is 13.3. The first kappa shape index (κ1) is 30.2. The van der Waals surface area contributed by atoms with Crippen LogP contribution in [-0.4, -0.2) is 38.7 Å². The Morgan fingerprint density at radius 1 is 0.957 bits per heavy atom. The van der Waals surface area contributed by atoms with Gasteiger partial charge in [-0.1, -0.05) is 18.2 Å². The summed E-state index contributed by atoms with van der Waals surface area (Å²) in [6, 6.07) is 24.5. The van der Waals surface area contributed by atoms with Gasteiger partial charge in [0.25, 0.3) is 5.91 Å². The second-order valence-corrected chi connectivity index (χ2v) is 13.6. The first-order valence-electron chi connectivity index (χ1n) is 14.9. The lowest BCUT2D eigenvalue weighted by Crippen LogP contribution is -2.47. The van der Waals surface area contributed by atoms with Crippen LogP contribution in [0.4, 0.5) is 14.5 Å². The van der Waals surface area contributed by atoms with Crippen LogP contribution in [0.5, 0.6) is 0 Å². The highest BCUT2D eigenvalue weighted by Gasteiger charge is 2.39. The van der Waals surface area contributed by atoms with E-state index in [0.29, 0.717) is 46.0 Å². The molecule has 1 amide bonds. The Morgan fingerprint density at radius 3 is 2.38 bits per heavy atom. The van der Waals surface area contributed by atoms with Gasteiger partial charge in [0.15, 0.2) is 0 Å². The van der Waals surface area contributed by atoms with Crippen LogP contribution in [0.15, 0.2) is 89.3 Å². The van der Waals surface area contributed by atoms with Gasteiger partial charge >= 0.3 is 0 Å². The van der Waals surface area contributed by atoms with E-state index in [9.17, 15) is 27.3 Å². The highest BCUT2D eigenvalue weighted by molar-refractivity contribution is 7.92. The summed E-state index contributed by atoms with van der Waals surface area (Å²) in [5.74, 6) is -1.29. The number of benzene rings is 4. The Labute approximate surface area is 269 Å². The first-order valence-corrected chi connectivity index (χ1v) is 16.8. The number of carbonyl (C=O) groups is 1.